The summed E-state index contributed by atoms with van der Waals surface area (Å²) in [4.78, 5) is 16.2. The predicted molar refractivity (Wildman–Crippen MR) is 89.3 cm³/mol. The normalized spacial score (nSPS) is 10.4. The Balaban J connectivity index is 1.59. The van der Waals surface area contributed by atoms with Crippen LogP contribution in [-0.4, -0.2) is 11.0 Å². The van der Waals surface area contributed by atoms with Gasteiger partial charge in [-0.3, -0.25) is 0 Å². The predicted octanol–water partition coefficient (Wildman–Crippen LogP) is 4.73. The van der Waals surface area contributed by atoms with Gasteiger partial charge < -0.3 is 9.47 Å². The van der Waals surface area contributed by atoms with Crippen molar-refractivity contribution in [3.05, 3.63) is 75.5 Å². The molecule has 4 nitrogen and oxygen atoms in total. The van der Waals surface area contributed by atoms with Gasteiger partial charge in [-0.1, -0.05) is 11.6 Å². The summed E-state index contributed by atoms with van der Waals surface area (Å²) in [5.74, 6) is 0.0313. The molecule has 7 heteroatoms. The van der Waals surface area contributed by atoms with Crippen molar-refractivity contribution in [2.75, 3.05) is 0 Å². The second-order valence-electron chi connectivity index (χ2n) is 4.71. The second kappa shape index (κ2) is 7.42. The van der Waals surface area contributed by atoms with Gasteiger partial charge >= 0.3 is 5.97 Å². The minimum Gasteiger partial charge on any atom is -0.486 e. The zero-order valence-corrected chi connectivity index (χ0v) is 13.8. The lowest BCUT2D eigenvalue weighted by molar-refractivity contribution is 0.0729. The first-order chi connectivity index (χ1) is 11.6. The Hall–Kier alpha value is -2.44. The van der Waals surface area contributed by atoms with Crippen LogP contribution < -0.4 is 9.47 Å². The van der Waals surface area contributed by atoms with Crippen molar-refractivity contribution < 1.29 is 18.7 Å². The van der Waals surface area contributed by atoms with E-state index in [9.17, 15) is 9.18 Å². The Morgan fingerprint density at radius 1 is 1.08 bits per heavy atom. The van der Waals surface area contributed by atoms with Crippen LogP contribution in [0.1, 0.15) is 15.5 Å². The molecule has 3 rings (SSSR count). The summed E-state index contributed by atoms with van der Waals surface area (Å²) in [5, 5.41) is 2.77. The fraction of sp³-hybridized carbons (Fsp3) is 0.0588. The first kappa shape index (κ1) is 16.4. The zero-order valence-electron chi connectivity index (χ0n) is 12.2. The van der Waals surface area contributed by atoms with E-state index in [0.717, 1.165) is 0 Å². The van der Waals surface area contributed by atoms with E-state index in [-0.39, 0.29) is 18.1 Å². The molecule has 2 aromatic carbocycles. The van der Waals surface area contributed by atoms with Crippen LogP contribution in [0.4, 0.5) is 4.39 Å². The highest BCUT2D eigenvalue weighted by Gasteiger charge is 2.13. The summed E-state index contributed by atoms with van der Waals surface area (Å²) in [6.07, 6.45) is 0. The van der Waals surface area contributed by atoms with Crippen LogP contribution >= 0.6 is 22.9 Å². The molecule has 0 spiro atoms. The molecular formula is C17H11ClFNO3S. The number of hydrogen-bond acceptors (Lipinski definition) is 5. The number of aromatic nitrogens is 1. The van der Waals surface area contributed by atoms with E-state index in [1.807, 2.05) is 0 Å². The van der Waals surface area contributed by atoms with Crippen molar-refractivity contribution in [2.45, 2.75) is 6.61 Å². The van der Waals surface area contributed by atoms with Crippen LogP contribution in [0.15, 0.2) is 53.9 Å². The highest BCUT2D eigenvalue weighted by molar-refractivity contribution is 7.09. The van der Waals surface area contributed by atoms with Gasteiger partial charge in [-0.15, -0.1) is 11.3 Å². The minimum absolute atomic E-state index is 0.185. The standard InChI is InChI=1S/C17H11ClFNO3S/c18-11-1-5-14(6-2-11)23-17(21)15-10-24-16(20-15)9-22-13-7-3-12(19)4-8-13/h1-8,10H,9H2. The van der Waals surface area contributed by atoms with Gasteiger partial charge in [-0.25, -0.2) is 14.2 Å². The molecule has 0 atom stereocenters. The van der Waals surface area contributed by atoms with E-state index < -0.39 is 5.97 Å². The topological polar surface area (TPSA) is 48.4 Å². The molecule has 0 N–H and O–H groups in total. The monoisotopic (exact) mass is 363 g/mol. The molecular weight excluding hydrogens is 353 g/mol. The number of ether oxygens (including phenoxy) is 2. The van der Waals surface area contributed by atoms with E-state index in [2.05, 4.69) is 4.98 Å². The lowest BCUT2D eigenvalue weighted by Gasteiger charge is -2.03. The summed E-state index contributed by atoms with van der Waals surface area (Å²) in [6.45, 7) is 0.185. The maximum atomic E-state index is 12.8. The van der Waals surface area contributed by atoms with Crippen molar-refractivity contribution in [1.29, 1.82) is 0 Å². The van der Waals surface area contributed by atoms with E-state index >= 15 is 0 Å². The molecule has 0 bridgehead atoms. The summed E-state index contributed by atoms with van der Waals surface area (Å²) in [5.41, 5.74) is 0.202. The molecule has 0 radical (unpaired) electrons. The minimum atomic E-state index is -0.554. The Bertz CT molecular complexity index is 834. The van der Waals surface area contributed by atoms with Gasteiger partial charge in [0.2, 0.25) is 0 Å². The average molecular weight is 364 g/mol. The van der Waals surface area contributed by atoms with Crippen molar-refractivity contribution in [3.8, 4) is 11.5 Å². The molecule has 1 aromatic heterocycles. The van der Waals surface area contributed by atoms with Crippen LogP contribution in [0.2, 0.25) is 5.02 Å². The number of nitrogens with zero attached hydrogens (tertiary/aromatic N) is 1. The number of hydrogen-bond donors (Lipinski definition) is 0. The van der Waals surface area contributed by atoms with E-state index in [1.165, 1.54) is 35.6 Å². The van der Waals surface area contributed by atoms with Gasteiger partial charge in [0.1, 0.15) is 28.9 Å². The Kier molecular flexibility index (Phi) is 5.08. The Labute approximate surface area is 146 Å². The SMILES string of the molecule is O=C(Oc1ccc(Cl)cc1)c1csc(COc2ccc(F)cc2)n1. The van der Waals surface area contributed by atoms with Crippen molar-refractivity contribution >= 4 is 28.9 Å². The average Bonchev–Trinajstić information content (AvgIpc) is 3.06. The molecule has 0 amide bonds. The zero-order chi connectivity index (χ0) is 16.9. The molecule has 122 valence electrons. The maximum absolute atomic E-state index is 12.8. The van der Waals surface area contributed by atoms with E-state index in [1.54, 1.807) is 29.6 Å². The van der Waals surface area contributed by atoms with Crippen LogP contribution in [-0.2, 0) is 6.61 Å². The van der Waals surface area contributed by atoms with E-state index in [4.69, 9.17) is 21.1 Å². The number of carbonyl (C=O) groups is 1. The molecule has 0 saturated heterocycles. The number of rotatable bonds is 5. The number of benzene rings is 2. The largest absolute Gasteiger partial charge is 0.486 e. The maximum Gasteiger partial charge on any atom is 0.363 e. The first-order valence-electron chi connectivity index (χ1n) is 6.91. The van der Waals surface area contributed by atoms with Crippen molar-refractivity contribution in [1.82, 2.24) is 4.98 Å². The quantitative estimate of drug-likeness (QED) is 0.485. The van der Waals surface area contributed by atoms with Gasteiger partial charge in [0, 0.05) is 10.4 Å². The Morgan fingerprint density at radius 3 is 2.46 bits per heavy atom. The van der Waals surface area contributed by atoms with Crippen LogP contribution in [0.25, 0.3) is 0 Å². The third-order valence-corrected chi connectivity index (χ3v) is 4.04. The number of halogens is 2. The summed E-state index contributed by atoms with van der Waals surface area (Å²) >= 11 is 7.06. The van der Waals surface area contributed by atoms with Crippen molar-refractivity contribution in [2.24, 2.45) is 0 Å². The molecule has 0 fully saturated rings. The second-order valence-corrected chi connectivity index (χ2v) is 6.09. The summed E-state index contributed by atoms with van der Waals surface area (Å²) < 4.78 is 23.5. The van der Waals surface area contributed by atoms with Crippen molar-refractivity contribution in [3.63, 3.8) is 0 Å². The molecule has 3 aromatic rings. The van der Waals surface area contributed by atoms with Gasteiger partial charge in [0.05, 0.1) is 0 Å². The third kappa shape index (κ3) is 4.31. The molecule has 1 heterocycles. The van der Waals surface area contributed by atoms with E-state index in [0.29, 0.717) is 21.5 Å². The number of carbonyl (C=O) groups excluding carboxylic acids is 1. The van der Waals surface area contributed by atoms with Crippen LogP contribution in [0.5, 0.6) is 11.5 Å². The smallest absolute Gasteiger partial charge is 0.363 e. The third-order valence-electron chi connectivity index (χ3n) is 2.96. The van der Waals surface area contributed by atoms with Gasteiger partial charge in [-0.05, 0) is 48.5 Å². The molecule has 0 unspecified atom stereocenters. The lowest BCUT2D eigenvalue weighted by Crippen LogP contribution is -2.09. The molecule has 24 heavy (non-hydrogen) atoms. The first-order valence-corrected chi connectivity index (χ1v) is 8.16. The highest BCUT2D eigenvalue weighted by atomic mass is 35.5. The molecule has 0 aliphatic heterocycles. The Morgan fingerprint density at radius 2 is 1.75 bits per heavy atom. The van der Waals surface area contributed by atoms with Crippen LogP contribution in [0, 0.1) is 5.82 Å². The fourth-order valence-corrected chi connectivity index (χ4v) is 2.61. The van der Waals surface area contributed by atoms with Crippen LogP contribution in [0.3, 0.4) is 0 Å². The number of thiazole rings is 1. The van der Waals surface area contributed by atoms with Gasteiger partial charge in [-0.2, -0.15) is 0 Å². The summed E-state index contributed by atoms with van der Waals surface area (Å²) in [7, 11) is 0. The molecule has 0 aliphatic rings. The summed E-state index contributed by atoms with van der Waals surface area (Å²) in [6, 6.07) is 12.1. The fourth-order valence-electron chi connectivity index (χ4n) is 1.81. The lowest BCUT2D eigenvalue weighted by atomic mass is 10.3. The number of esters is 1. The molecule has 0 aliphatic carbocycles. The molecule has 0 saturated carbocycles. The van der Waals surface area contributed by atoms with Gasteiger partial charge in [0.25, 0.3) is 0 Å². The highest BCUT2D eigenvalue weighted by Crippen LogP contribution is 2.19. The van der Waals surface area contributed by atoms with Gasteiger partial charge in [0.15, 0.2) is 5.69 Å².